The van der Waals surface area contributed by atoms with Crippen molar-refractivity contribution in [2.24, 2.45) is 5.92 Å². The van der Waals surface area contributed by atoms with Gasteiger partial charge in [-0.05, 0) is 62.1 Å². The molecule has 4 rings (SSSR count). The van der Waals surface area contributed by atoms with Crippen molar-refractivity contribution in [3.8, 4) is 11.6 Å². The molecule has 0 N–H and O–H groups in total. The van der Waals surface area contributed by atoms with Crippen LogP contribution < -0.4 is 9.47 Å². The molecule has 2 aromatic rings. The number of nitrogens with zero attached hydrogens (tertiary/aromatic N) is 3. The summed E-state index contributed by atoms with van der Waals surface area (Å²) in [6.45, 7) is 1.49. The van der Waals surface area contributed by atoms with Crippen LogP contribution in [0.4, 0.5) is 13.2 Å². The SMILES string of the molecule is CC(OC(=O)c1c(O[C@H]2CC[C@H](c3ccc(OC(F)(F)F)cc3)CC2)nnn1I)OC(=O)C1CCCCC1. The van der Waals surface area contributed by atoms with Crippen molar-refractivity contribution in [2.45, 2.75) is 89.4 Å². The van der Waals surface area contributed by atoms with E-state index in [-0.39, 0.29) is 41.2 Å². The van der Waals surface area contributed by atoms with Gasteiger partial charge in [-0.25, -0.2) is 4.79 Å². The second-order valence-electron chi connectivity index (χ2n) is 9.56. The fourth-order valence-corrected chi connectivity index (χ4v) is 5.43. The van der Waals surface area contributed by atoms with E-state index >= 15 is 0 Å². The Morgan fingerprint density at radius 3 is 2.29 bits per heavy atom. The van der Waals surface area contributed by atoms with Crippen LogP contribution >= 0.6 is 22.9 Å². The number of carbonyl (C=O) groups is 2. The molecule has 208 valence electrons. The molecule has 1 aromatic heterocycles. The van der Waals surface area contributed by atoms with E-state index in [4.69, 9.17) is 14.2 Å². The number of hydrogen-bond donors (Lipinski definition) is 0. The number of ether oxygens (including phenoxy) is 4. The van der Waals surface area contributed by atoms with Gasteiger partial charge in [-0.1, -0.05) is 41.7 Å². The van der Waals surface area contributed by atoms with Crippen LogP contribution in [0.25, 0.3) is 0 Å². The second-order valence-corrected chi connectivity index (χ2v) is 10.5. The number of carbonyl (C=O) groups excluding carboxylic acids is 2. The molecule has 2 aliphatic rings. The molecule has 0 saturated heterocycles. The first-order chi connectivity index (χ1) is 18.1. The van der Waals surface area contributed by atoms with Gasteiger partial charge in [-0.3, -0.25) is 4.79 Å². The molecule has 0 aliphatic heterocycles. The van der Waals surface area contributed by atoms with Crippen LogP contribution in [0.15, 0.2) is 24.3 Å². The number of halogens is 4. The monoisotopic (exact) mass is 651 g/mol. The molecule has 1 unspecified atom stereocenters. The number of benzene rings is 1. The van der Waals surface area contributed by atoms with E-state index in [1.165, 1.54) is 22.0 Å². The zero-order valence-corrected chi connectivity index (χ0v) is 22.9. The van der Waals surface area contributed by atoms with Crippen molar-refractivity contribution in [1.82, 2.24) is 13.2 Å². The first-order valence-corrected chi connectivity index (χ1v) is 13.6. The molecule has 2 saturated carbocycles. The van der Waals surface area contributed by atoms with Gasteiger partial charge in [0, 0.05) is 6.92 Å². The maximum atomic E-state index is 12.8. The molecule has 1 heterocycles. The minimum Gasteiger partial charge on any atom is -0.472 e. The van der Waals surface area contributed by atoms with E-state index in [0.29, 0.717) is 12.8 Å². The van der Waals surface area contributed by atoms with Gasteiger partial charge < -0.3 is 18.9 Å². The molecule has 2 fully saturated rings. The van der Waals surface area contributed by atoms with Gasteiger partial charge in [0.15, 0.2) is 0 Å². The molecule has 0 bridgehead atoms. The third-order valence-corrected chi connectivity index (χ3v) is 7.50. The van der Waals surface area contributed by atoms with Crippen molar-refractivity contribution < 1.29 is 41.7 Å². The molecule has 0 radical (unpaired) electrons. The minimum atomic E-state index is -4.72. The number of alkyl halides is 3. The third kappa shape index (κ3) is 7.73. The Kier molecular flexibility index (Phi) is 9.36. The zero-order chi connectivity index (χ0) is 27.3. The van der Waals surface area contributed by atoms with Crippen molar-refractivity contribution in [3.05, 3.63) is 35.5 Å². The standard InChI is InChI=1S/C25H29F3IN3O6/c1-15(35-23(33)18-5-3-2-4-6-18)36-24(34)21-22(30-31-32(21)29)37-19-11-7-16(8-12-19)17-9-13-20(14-10-17)38-25(26,27)28/h9-10,13-16,18-19H,2-8,11-12H2,1H3/t15?,16-,19-. The maximum absolute atomic E-state index is 12.8. The summed E-state index contributed by atoms with van der Waals surface area (Å²) in [6.07, 6.45) is 1.43. The summed E-state index contributed by atoms with van der Waals surface area (Å²) >= 11 is 1.79. The van der Waals surface area contributed by atoms with E-state index in [1.807, 2.05) is 0 Å². The summed E-state index contributed by atoms with van der Waals surface area (Å²) in [5.74, 6) is -1.34. The molecule has 1 aromatic carbocycles. The normalized spacial score (nSPS) is 21.4. The smallest absolute Gasteiger partial charge is 0.472 e. The second kappa shape index (κ2) is 12.5. The van der Waals surface area contributed by atoms with Gasteiger partial charge in [0.1, 0.15) is 11.9 Å². The van der Waals surface area contributed by atoms with Gasteiger partial charge in [-0.15, -0.1) is 13.2 Å². The quantitative estimate of drug-likeness (QED) is 0.192. The summed E-state index contributed by atoms with van der Waals surface area (Å²) in [5, 5.41) is 7.83. The van der Waals surface area contributed by atoms with Gasteiger partial charge in [0.05, 0.1) is 28.8 Å². The van der Waals surface area contributed by atoms with Crippen LogP contribution in [-0.2, 0) is 14.3 Å². The molecule has 13 heteroatoms. The first-order valence-electron chi connectivity index (χ1n) is 12.6. The van der Waals surface area contributed by atoms with Crippen molar-refractivity contribution in [3.63, 3.8) is 0 Å². The molecule has 9 nitrogen and oxygen atoms in total. The van der Waals surface area contributed by atoms with E-state index in [0.717, 1.165) is 50.5 Å². The van der Waals surface area contributed by atoms with Gasteiger partial charge in [-0.2, -0.15) is 2.90 Å². The largest absolute Gasteiger partial charge is 0.573 e. The van der Waals surface area contributed by atoms with E-state index in [2.05, 4.69) is 15.0 Å². The zero-order valence-electron chi connectivity index (χ0n) is 20.8. The van der Waals surface area contributed by atoms with Crippen LogP contribution in [0, 0.1) is 5.92 Å². The Bertz CT molecular complexity index is 1100. The maximum Gasteiger partial charge on any atom is 0.573 e. The van der Waals surface area contributed by atoms with Crippen molar-refractivity contribution >= 4 is 34.8 Å². The highest BCUT2D eigenvalue weighted by atomic mass is 127. The van der Waals surface area contributed by atoms with E-state index < -0.39 is 18.6 Å². The Hall–Kier alpha value is -2.58. The lowest BCUT2D eigenvalue weighted by Gasteiger charge is -2.28. The van der Waals surface area contributed by atoms with Gasteiger partial charge in [0.2, 0.25) is 12.0 Å². The summed E-state index contributed by atoms with van der Waals surface area (Å²) in [7, 11) is 0. The van der Waals surface area contributed by atoms with Crippen LogP contribution in [-0.4, -0.2) is 43.9 Å². The van der Waals surface area contributed by atoms with Crippen molar-refractivity contribution in [1.29, 1.82) is 0 Å². The Balaban J connectivity index is 1.28. The molecule has 0 amide bonds. The Morgan fingerprint density at radius 1 is 1.00 bits per heavy atom. The van der Waals surface area contributed by atoms with E-state index in [1.54, 1.807) is 35.0 Å². The van der Waals surface area contributed by atoms with E-state index in [9.17, 15) is 22.8 Å². The Morgan fingerprint density at radius 2 is 1.66 bits per heavy atom. The van der Waals surface area contributed by atoms with Gasteiger partial charge in [0.25, 0.3) is 5.88 Å². The summed E-state index contributed by atoms with van der Waals surface area (Å²) in [4.78, 5) is 25.2. The highest BCUT2D eigenvalue weighted by Gasteiger charge is 2.32. The molecular weight excluding hydrogens is 622 g/mol. The summed E-state index contributed by atoms with van der Waals surface area (Å²) in [6, 6.07) is 5.92. The molecule has 0 spiro atoms. The number of esters is 2. The summed E-state index contributed by atoms with van der Waals surface area (Å²) in [5.41, 5.74) is 0.936. The number of hydrogen-bond acceptors (Lipinski definition) is 8. The van der Waals surface area contributed by atoms with Crippen LogP contribution in [0.3, 0.4) is 0 Å². The summed E-state index contributed by atoms with van der Waals surface area (Å²) < 4.78 is 59.0. The minimum absolute atomic E-state index is 0.00791. The number of rotatable bonds is 8. The number of aromatic nitrogens is 3. The van der Waals surface area contributed by atoms with Crippen LogP contribution in [0.5, 0.6) is 11.6 Å². The Labute approximate surface area is 231 Å². The first kappa shape index (κ1) is 28.4. The molecule has 1 atom stereocenters. The molecule has 2 aliphatic carbocycles. The average Bonchev–Trinajstić information content (AvgIpc) is 3.24. The average molecular weight is 651 g/mol. The van der Waals surface area contributed by atoms with Gasteiger partial charge >= 0.3 is 18.3 Å². The fraction of sp³-hybridized carbons (Fsp3) is 0.600. The molecule has 38 heavy (non-hydrogen) atoms. The van der Waals surface area contributed by atoms with Crippen LogP contribution in [0.1, 0.15) is 86.7 Å². The lowest BCUT2D eigenvalue weighted by Crippen LogP contribution is -2.28. The third-order valence-electron chi connectivity index (χ3n) is 6.83. The van der Waals surface area contributed by atoms with Crippen molar-refractivity contribution in [2.75, 3.05) is 0 Å². The topological polar surface area (TPSA) is 102 Å². The predicted molar refractivity (Wildman–Crippen MR) is 136 cm³/mol. The van der Waals surface area contributed by atoms with Crippen LogP contribution in [0.2, 0.25) is 0 Å². The fourth-order valence-electron chi connectivity index (χ4n) is 4.94. The highest BCUT2D eigenvalue weighted by Crippen LogP contribution is 2.36. The molecular formula is C25H29F3IN3O6. The highest BCUT2D eigenvalue weighted by molar-refractivity contribution is 14.1. The lowest BCUT2D eigenvalue weighted by atomic mass is 9.83. The lowest BCUT2D eigenvalue weighted by molar-refractivity contribution is -0.274. The predicted octanol–water partition coefficient (Wildman–Crippen LogP) is 6.11.